The molecule has 1 heterocycles. The Balaban J connectivity index is 1.91. The molecule has 0 radical (unpaired) electrons. The van der Waals surface area contributed by atoms with Crippen LogP contribution in [0.1, 0.15) is 32.7 Å². The van der Waals surface area contributed by atoms with Gasteiger partial charge in [-0.1, -0.05) is 42.5 Å². The second-order valence-corrected chi connectivity index (χ2v) is 5.27. The molecule has 0 aromatic heterocycles. The van der Waals surface area contributed by atoms with Gasteiger partial charge in [-0.15, -0.1) is 0 Å². The molecule has 0 N–H and O–H groups in total. The van der Waals surface area contributed by atoms with Crippen molar-refractivity contribution in [1.29, 1.82) is 0 Å². The molecule has 0 bridgehead atoms. The monoisotopic (exact) mass is 293 g/mol. The average Bonchev–Trinajstić information content (AvgIpc) is 2.80. The Morgan fingerprint density at radius 2 is 1.41 bits per heavy atom. The van der Waals surface area contributed by atoms with E-state index in [0.717, 1.165) is 11.8 Å². The lowest BCUT2D eigenvalue weighted by Crippen LogP contribution is -2.41. The lowest BCUT2D eigenvalue weighted by atomic mass is 10.0. The Labute approximate surface area is 128 Å². The number of imide groups is 1. The maximum atomic E-state index is 12.5. The molecular formula is C18H15NO3. The lowest BCUT2D eigenvalue weighted by Gasteiger charge is -2.24. The van der Waals surface area contributed by atoms with Crippen molar-refractivity contribution in [3.63, 3.8) is 0 Å². The molecule has 0 saturated heterocycles. The van der Waals surface area contributed by atoms with Gasteiger partial charge in [-0.2, -0.15) is 0 Å². The molecule has 2 aromatic rings. The van der Waals surface area contributed by atoms with Crippen LogP contribution in [0.4, 0.5) is 0 Å². The molecule has 110 valence electrons. The van der Waals surface area contributed by atoms with Gasteiger partial charge in [0.1, 0.15) is 6.29 Å². The van der Waals surface area contributed by atoms with Crippen molar-refractivity contribution in [2.75, 3.05) is 0 Å². The van der Waals surface area contributed by atoms with Crippen LogP contribution in [0.25, 0.3) is 0 Å². The summed E-state index contributed by atoms with van der Waals surface area (Å²) < 4.78 is 0. The summed E-state index contributed by atoms with van der Waals surface area (Å²) >= 11 is 0. The van der Waals surface area contributed by atoms with Gasteiger partial charge in [0.05, 0.1) is 17.2 Å². The van der Waals surface area contributed by atoms with Crippen molar-refractivity contribution < 1.29 is 14.4 Å². The first kappa shape index (κ1) is 14.2. The molecule has 1 aliphatic heterocycles. The van der Waals surface area contributed by atoms with Crippen LogP contribution in [-0.2, 0) is 11.2 Å². The summed E-state index contributed by atoms with van der Waals surface area (Å²) in [6.07, 6.45) is 1.38. The Morgan fingerprint density at radius 1 is 0.864 bits per heavy atom. The lowest BCUT2D eigenvalue weighted by molar-refractivity contribution is -0.108. The van der Waals surface area contributed by atoms with Crippen LogP contribution in [0.2, 0.25) is 0 Å². The van der Waals surface area contributed by atoms with Gasteiger partial charge in [-0.05, 0) is 24.1 Å². The molecule has 22 heavy (non-hydrogen) atoms. The van der Waals surface area contributed by atoms with E-state index < -0.39 is 6.04 Å². The Bertz CT molecular complexity index is 689. The van der Waals surface area contributed by atoms with Crippen LogP contribution >= 0.6 is 0 Å². The van der Waals surface area contributed by atoms with Gasteiger partial charge in [-0.3, -0.25) is 14.5 Å². The summed E-state index contributed by atoms with van der Waals surface area (Å²) in [4.78, 5) is 37.2. The highest BCUT2D eigenvalue weighted by molar-refractivity contribution is 6.21. The van der Waals surface area contributed by atoms with Crippen LogP contribution in [0.15, 0.2) is 54.6 Å². The molecule has 0 fully saturated rings. The molecule has 0 saturated carbocycles. The van der Waals surface area contributed by atoms with Crippen LogP contribution in [0, 0.1) is 0 Å². The summed E-state index contributed by atoms with van der Waals surface area (Å²) in [6, 6.07) is 15.9. The van der Waals surface area contributed by atoms with Crippen LogP contribution in [0.5, 0.6) is 0 Å². The maximum absolute atomic E-state index is 12.5. The fraction of sp³-hybridized carbons (Fsp3) is 0.167. The van der Waals surface area contributed by atoms with E-state index in [2.05, 4.69) is 0 Å². The number of carbonyl (C=O) groups is 3. The number of rotatable bonds is 5. The van der Waals surface area contributed by atoms with E-state index in [0.29, 0.717) is 17.5 Å². The molecule has 2 amide bonds. The number of hydrogen-bond acceptors (Lipinski definition) is 3. The fourth-order valence-corrected chi connectivity index (χ4v) is 2.82. The van der Waals surface area contributed by atoms with E-state index in [1.165, 1.54) is 4.90 Å². The topological polar surface area (TPSA) is 54.5 Å². The van der Waals surface area contributed by atoms with E-state index in [1.54, 1.807) is 24.3 Å². The van der Waals surface area contributed by atoms with Crippen molar-refractivity contribution in [3.05, 3.63) is 71.3 Å². The van der Waals surface area contributed by atoms with Crippen molar-refractivity contribution in [2.45, 2.75) is 18.9 Å². The number of hydrogen-bond donors (Lipinski definition) is 0. The van der Waals surface area contributed by atoms with Crippen molar-refractivity contribution in [3.8, 4) is 0 Å². The maximum Gasteiger partial charge on any atom is 0.261 e. The Kier molecular flexibility index (Phi) is 3.83. The van der Waals surface area contributed by atoms with E-state index in [4.69, 9.17) is 0 Å². The van der Waals surface area contributed by atoms with E-state index in [-0.39, 0.29) is 18.2 Å². The fourth-order valence-electron chi connectivity index (χ4n) is 2.82. The largest absolute Gasteiger partial charge is 0.303 e. The van der Waals surface area contributed by atoms with Gasteiger partial charge in [0.15, 0.2) is 0 Å². The number of amides is 2. The standard InChI is InChI=1S/C18H15NO3/c20-11-10-14(12-13-6-2-1-3-7-13)19-17(21)15-8-4-5-9-16(15)18(19)22/h1-9,11,14H,10,12H2. The average molecular weight is 293 g/mol. The highest BCUT2D eigenvalue weighted by Crippen LogP contribution is 2.26. The number of carbonyl (C=O) groups excluding carboxylic acids is 3. The van der Waals surface area contributed by atoms with Crippen molar-refractivity contribution >= 4 is 18.1 Å². The minimum Gasteiger partial charge on any atom is -0.303 e. The first-order chi connectivity index (χ1) is 10.7. The molecule has 3 rings (SSSR count). The third-order valence-corrected chi connectivity index (χ3v) is 3.87. The first-order valence-electron chi connectivity index (χ1n) is 7.17. The Morgan fingerprint density at radius 3 is 1.95 bits per heavy atom. The number of nitrogens with zero attached hydrogens (tertiary/aromatic N) is 1. The molecule has 0 spiro atoms. The third kappa shape index (κ3) is 2.44. The Hall–Kier alpha value is -2.75. The van der Waals surface area contributed by atoms with E-state index >= 15 is 0 Å². The minimum absolute atomic E-state index is 0.139. The number of benzene rings is 2. The van der Waals surface area contributed by atoms with Crippen LogP contribution in [-0.4, -0.2) is 29.0 Å². The number of aldehydes is 1. The van der Waals surface area contributed by atoms with Gasteiger partial charge >= 0.3 is 0 Å². The zero-order valence-corrected chi connectivity index (χ0v) is 11.9. The zero-order chi connectivity index (χ0) is 15.5. The molecular weight excluding hydrogens is 278 g/mol. The molecule has 2 aromatic carbocycles. The smallest absolute Gasteiger partial charge is 0.261 e. The number of fused-ring (bicyclic) bond motifs is 1. The molecule has 1 atom stereocenters. The molecule has 4 heteroatoms. The highest BCUT2D eigenvalue weighted by Gasteiger charge is 2.39. The van der Waals surface area contributed by atoms with Crippen molar-refractivity contribution in [2.24, 2.45) is 0 Å². The second-order valence-electron chi connectivity index (χ2n) is 5.27. The summed E-state index contributed by atoms with van der Waals surface area (Å²) in [7, 11) is 0. The summed E-state index contributed by atoms with van der Waals surface area (Å²) in [5.74, 6) is -0.633. The van der Waals surface area contributed by atoms with E-state index in [9.17, 15) is 14.4 Å². The predicted octanol–water partition coefficient (Wildman–Crippen LogP) is 2.48. The van der Waals surface area contributed by atoms with E-state index in [1.807, 2.05) is 30.3 Å². The molecule has 1 aliphatic rings. The van der Waals surface area contributed by atoms with Crippen LogP contribution in [0.3, 0.4) is 0 Å². The van der Waals surface area contributed by atoms with Crippen molar-refractivity contribution in [1.82, 2.24) is 4.90 Å². The van der Waals surface area contributed by atoms with Gasteiger partial charge in [0, 0.05) is 6.42 Å². The van der Waals surface area contributed by atoms with Gasteiger partial charge in [0.25, 0.3) is 11.8 Å². The highest BCUT2D eigenvalue weighted by atomic mass is 16.2. The van der Waals surface area contributed by atoms with Crippen LogP contribution < -0.4 is 0 Å². The van der Waals surface area contributed by atoms with Gasteiger partial charge < -0.3 is 4.79 Å². The molecule has 1 unspecified atom stereocenters. The quantitative estimate of drug-likeness (QED) is 0.628. The first-order valence-corrected chi connectivity index (χ1v) is 7.17. The normalized spacial score (nSPS) is 14.8. The summed E-state index contributed by atoms with van der Waals surface area (Å²) in [5, 5.41) is 0. The SMILES string of the molecule is O=CCC(Cc1ccccc1)N1C(=O)c2ccccc2C1=O. The predicted molar refractivity (Wildman–Crippen MR) is 81.6 cm³/mol. The zero-order valence-electron chi connectivity index (χ0n) is 11.9. The summed E-state index contributed by atoms with van der Waals surface area (Å²) in [6.45, 7) is 0. The summed E-state index contributed by atoms with van der Waals surface area (Å²) in [5.41, 5.74) is 1.82. The van der Waals surface area contributed by atoms with Gasteiger partial charge in [-0.25, -0.2) is 0 Å². The third-order valence-electron chi connectivity index (χ3n) is 3.87. The van der Waals surface area contributed by atoms with Gasteiger partial charge in [0.2, 0.25) is 0 Å². The second kappa shape index (κ2) is 5.93. The minimum atomic E-state index is -0.452. The molecule has 0 aliphatic carbocycles. The molecule has 4 nitrogen and oxygen atoms in total.